The van der Waals surface area contributed by atoms with Crippen LogP contribution in [0.2, 0.25) is 0 Å². The maximum absolute atomic E-state index is 5.00. The van der Waals surface area contributed by atoms with E-state index in [1.54, 1.807) is 7.11 Å². The van der Waals surface area contributed by atoms with Gasteiger partial charge in [0.2, 0.25) is 0 Å². The van der Waals surface area contributed by atoms with Crippen molar-refractivity contribution in [1.82, 2.24) is 5.32 Å². The lowest BCUT2D eigenvalue weighted by Crippen LogP contribution is -2.19. The molecule has 0 bridgehead atoms. The molecule has 0 unspecified atom stereocenters. The summed E-state index contributed by atoms with van der Waals surface area (Å²) < 4.78 is 5.00. The van der Waals surface area contributed by atoms with Crippen molar-refractivity contribution in [2.75, 3.05) is 38.8 Å². The Hall–Kier alpha value is -1.06. The van der Waals surface area contributed by atoms with Gasteiger partial charge < -0.3 is 15.0 Å². The fraction of sp³-hybridized carbons (Fsp3) is 0.600. The molecule has 0 aliphatic heterocycles. The van der Waals surface area contributed by atoms with Gasteiger partial charge in [0.15, 0.2) is 0 Å². The molecule has 1 aromatic rings. The second-order valence-corrected chi connectivity index (χ2v) is 4.61. The molecule has 1 N–H and O–H groups in total. The molecule has 3 heteroatoms. The van der Waals surface area contributed by atoms with Crippen LogP contribution in [-0.2, 0) is 11.3 Å². The second kappa shape index (κ2) is 8.95. The molecule has 1 rings (SSSR count). The molecule has 3 nitrogen and oxygen atoms in total. The molecular weight excluding hydrogens is 224 g/mol. The van der Waals surface area contributed by atoms with Crippen molar-refractivity contribution in [3.05, 3.63) is 29.8 Å². The van der Waals surface area contributed by atoms with Crippen LogP contribution in [0.1, 0.15) is 25.3 Å². The van der Waals surface area contributed by atoms with Crippen molar-refractivity contribution < 1.29 is 4.74 Å². The van der Waals surface area contributed by atoms with Crippen LogP contribution in [0, 0.1) is 0 Å². The molecule has 0 saturated heterocycles. The molecule has 0 fully saturated rings. The van der Waals surface area contributed by atoms with Gasteiger partial charge in [-0.15, -0.1) is 0 Å². The Labute approximate surface area is 111 Å². The number of benzene rings is 1. The smallest absolute Gasteiger partial charge is 0.0587 e. The van der Waals surface area contributed by atoms with Crippen molar-refractivity contribution in [1.29, 1.82) is 0 Å². The summed E-state index contributed by atoms with van der Waals surface area (Å²) in [6.07, 6.45) is 2.49. The van der Waals surface area contributed by atoms with Crippen LogP contribution in [0.5, 0.6) is 0 Å². The van der Waals surface area contributed by atoms with Crippen molar-refractivity contribution >= 4 is 5.69 Å². The van der Waals surface area contributed by atoms with Crippen molar-refractivity contribution in [2.24, 2.45) is 0 Å². The molecule has 0 aliphatic rings. The second-order valence-electron chi connectivity index (χ2n) is 4.61. The predicted molar refractivity (Wildman–Crippen MR) is 78.2 cm³/mol. The molecule has 102 valence electrons. The Kier molecular flexibility index (Phi) is 7.46. The zero-order valence-electron chi connectivity index (χ0n) is 11.9. The number of anilines is 1. The summed E-state index contributed by atoms with van der Waals surface area (Å²) in [7, 11) is 3.88. The molecule has 18 heavy (non-hydrogen) atoms. The lowest BCUT2D eigenvalue weighted by Gasteiger charge is -2.19. The van der Waals surface area contributed by atoms with E-state index in [0.29, 0.717) is 0 Å². The molecule has 0 aliphatic carbocycles. The van der Waals surface area contributed by atoms with E-state index in [2.05, 4.69) is 48.5 Å². The molecular formula is C15H26N2O. The highest BCUT2D eigenvalue weighted by Gasteiger charge is 2.00. The summed E-state index contributed by atoms with van der Waals surface area (Å²) in [5, 5.41) is 3.35. The Morgan fingerprint density at radius 1 is 1.22 bits per heavy atom. The summed E-state index contributed by atoms with van der Waals surface area (Å²) in [4.78, 5) is 2.31. The number of hydrogen-bond acceptors (Lipinski definition) is 3. The minimum atomic E-state index is 0.762. The highest BCUT2D eigenvalue weighted by molar-refractivity contribution is 5.46. The van der Waals surface area contributed by atoms with E-state index in [0.717, 1.165) is 26.2 Å². The van der Waals surface area contributed by atoms with Crippen LogP contribution in [0.4, 0.5) is 5.69 Å². The third-order valence-electron chi connectivity index (χ3n) is 3.04. The summed E-state index contributed by atoms with van der Waals surface area (Å²) >= 11 is 0. The van der Waals surface area contributed by atoms with Gasteiger partial charge in [0.25, 0.3) is 0 Å². The topological polar surface area (TPSA) is 24.5 Å². The Bertz CT molecular complexity index is 311. The van der Waals surface area contributed by atoms with Crippen LogP contribution < -0.4 is 10.2 Å². The Balaban J connectivity index is 2.37. The average molecular weight is 250 g/mol. The molecule has 0 radical (unpaired) electrons. The fourth-order valence-electron chi connectivity index (χ4n) is 1.80. The number of methoxy groups -OCH3 is 1. The molecule has 0 spiro atoms. The summed E-state index contributed by atoms with van der Waals surface area (Å²) in [6.45, 7) is 5.92. The van der Waals surface area contributed by atoms with E-state index in [9.17, 15) is 0 Å². The first-order valence-electron chi connectivity index (χ1n) is 6.77. The lowest BCUT2D eigenvalue weighted by molar-refractivity contribution is 0.199. The van der Waals surface area contributed by atoms with Crippen LogP contribution >= 0.6 is 0 Å². The fourth-order valence-corrected chi connectivity index (χ4v) is 1.80. The zero-order chi connectivity index (χ0) is 13.2. The zero-order valence-corrected chi connectivity index (χ0v) is 11.9. The highest BCUT2D eigenvalue weighted by atomic mass is 16.5. The minimum absolute atomic E-state index is 0.762. The first-order chi connectivity index (χ1) is 8.77. The first-order valence-corrected chi connectivity index (χ1v) is 6.77. The van der Waals surface area contributed by atoms with Crippen LogP contribution in [-0.4, -0.2) is 33.9 Å². The molecule has 0 aromatic heterocycles. The van der Waals surface area contributed by atoms with Gasteiger partial charge in [0.1, 0.15) is 0 Å². The monoisotopic (exact) mass is 250 g/mol. The number of unbranched alkanes of at least 4 members (excludes halogenated alkanes) is 1. The molecule has 0 heterocycles. The van der Waals surface area contributed by atoms with Gasteiger partial charge in [-0.05, 0) is 24.1 Å². The minimum Gasteiger partial charge on any atom is -0.383 e. The quantitative estimate of drug-likeness (QED) is 0.682. The van der Waals surface area contributed by atoms with Gasteiger partial charge in [0.05, 0.1) is 6.61 Å². The van der Waals surface area contributed by atoms with E-state index in [1.807, 2.05) is 0 Å². The van der Waals surface area contributed by atoms with Crippen molar-refractivity contribution in [3.63, 3.8) is 0 Å². The Morgan fingerprint density at radius 2 is 1.94 bits per heavy atom. The summed E-state index contributed by atoms with van der Waals surface area (Å²) in [5.74, 6) is 0. The number of ether oxygens (including phenoxy) is 1. The third-order valence-corrected chi connectivity index (χ3v) is 3.04. The third kappa shape index (κ3) is 5.52. The Morgan fingerprint density at radius 3 is 2.56 bits per heavy atom. The van der Waals surface area contributed by atoms with Gasteiger partial charge >= 0.3 is 0 Å². The van der Waals surface area contributed by atoms with Gasteiger partial charge in [-0.3, -0.25) is 0 Å². The number of nitrogens with zero attached hydrogens (tertiary/aromatic N) is 1. The maximum atomic E-state index is 5.00. The molecule has 0 atom stereocenters. The standard InChI is InChI=1S/C15H26N2O/c1-4-5-11-17(2)15-8-6-14(7-9-15)13-16-10-12-18-3/h6-9,16H,4-5,10-13H2,1-3H3. The predicted octanol–water partition coefficient (Wildman–Crippen LogP) is 2.66. The number of rotatable bonds is 9. The van der Waals surface area contributed by atoms with Gasteiger partial charge in [-0.2, -0.15) is 0 Å². The van der Waals surface area contributed by atoms with Gasteiger partial charge in [0, 0.05) is 39.5 Å². The normalized spacial score (nSPS) is 10.6. The van der Waals surface area contributed by atoms with Crippen molar-refractivity contribution in [2.45, 2.75) is 26.3 Å². The first kappa shape index (κ1) is 15.0. The van der Waals surface area contributed by atoms with E-state index < -0.39 is 0 Å². The summed E-state index contributed by atoms with van der Waals surface area (Å²) in [6, 6.07) is 8.78. The van der Waals surface area contributed by atoms with Crippen LogP contribution in [0.25, 0.3) is 0 Å². The van der Waals surface area contributed by atoms with Gasteiger partial charge in [-0.25, -0.2) is 0 Å². The lowest BCUT2D eigenvalue weighted by atomic mass is 10.2. The average Bonchev–Trinajstić information content (AvgIpc) is 2.41. The number of hydrogen-bond donors (Lipinski definition) is 1. The van der Waals surface area contributed by atoms with Crippen molar-refractivity contribution in [3.8, 4) is 0 Å². The van der Waals surface area contributed by atoms with Crippen LogP contribution in [0.15, 0.2) is 24.3 Å². The molecule has 0 amide bonds. The largest absolute Gasteiger partial charge is 0.383 e. The molecule has 0 saturated carbocycles. The van der Waals surface area contributed by atoms with E-state index in [1.165, 1.54) is 24.1 Å². The van der Waals surface area contributed by atoms with E-state index in [-0.39, 0.29) is 0 Å². The van der Waals surface area contributed by atoms with Crippen LogP contribution in [0.3, 0.4) is 0 Å². The summed E-state index contributed by atoms with van der Waals surface area (Å²) in [5.41, 5.74) is 2.61. The maximum Gasteiger partial charge on any atom is 0.0587 e. The highest BCUT2D eigenvalue weighted by Crippen LogP contribution is 2.14. The van der Waals surface area contributed by atoms with E-state index >= 15 is 0 Å². The van der Waals surface area contributed by atoms with E-state index in [4.69, 9.17) is 4.74 Å². The SMILES string of the molecule is CCCCN(C)c1ccc(CNCCOC)cc1. The van der Waals surface area contributed by atoms with Gasteiger partial charge in [-0.1, -0.05) is 25.5 Å². The number of nitrogens with one attached hydrogen (secondary N) is 1. The molecule has 1 aromatic carbocycles.